The lowest BCUT2D eigenvalue weighted by Gasteiger charge is -2.25. The molecule has 2 nitrogen and oxygen atoms in total. The maximum atomic E-state index is 6.35. The molecule has 1 aromatic carbocycles. The fraction of sp³-hybridized carbons (Fsp3) is 0.647. The fourth-order valence-corrected chi connectivity index (χ4v) is 2.83. The molecule has 0 amide bonds. The molecule has 2 rings (SSSR count). The van der Waals surface area contributed by atoms with Crippen LogP contribution in [0.4, 0.5) is 0 Å². The van der Waals surface area contributed by atoms with Gasteiger partial charge in [-0.3, -0.25) is 0 Å². The van der Waals surface area contributed by atoms with Gasteiger partial charge in [-0.25, -0.2) is 0 Å². The first-order chi connectivity index (χ1) is 9.15. The second-order valence-electron chi connectivity index (χ2n) is 6.17. The third-order valence-electron chi connectivity index (χ3n) is 3.81. The molecule has 0 radical (unpaired) electrons. The van der Waals surface area contributed by atoms with Gasteiger partial charge in [0.25, 0.3) is 0 Å². The largest absolute Gasteiger partial charge is 0.378 e. The zero-order chi connectivity index (χ0) is 13.7. The zero-order valence-corrected chi connectivity index (χ0v) is 12.3. The van der Waals surface area contributed by atoms with Crippen molar-refractivity contribution in [1.82, 2.24) is 0 Å². The molecule has 1 saturated heterocycles. The number of hydrogen-bond acceptors (Lipinski definition) is 2. The minimum Gasteiger partial charge on any atom is -0.378 e. The van der Waals surface area contributed by atoms with Crippen LogP contribution in [0.5, 0.6) is 0 Å². The molecule has 0 aromatic heterocycles. The van der Waals surface area contributed by atoms with Gasteiger partial charge in [0.2, 0.25) is 0 Å². The van der Waals surface area contributed by atoms with Crippen LogP contribution in [0.15, 0.2) is 24.3 Å². The highest BCUT2D eigenvalue weighted by Crippen LogP contribution is 2.24. The molecule has 1 heterocycles. The Morgan fingerprint density at radius 2 is 2.16 bits per heavy atom. The van der Waals surface area contributed by atoms with Crippen molar-refractivity contribution in [1.29, 1.82) is 0 Å². The van der Waals surface area contributed by atoms with Crippen molar-refractivity contribution in [2.75, 3.05) is 6.61 Å². The summed E-state index contributed by atoms with van der Waals surface area (Å²) in [4.78, 5) is 0. The van der Waals surface area contributed by atoms with Crippen LogP contribution in [0.1, 0.15) is 56.7 Å². The lowest BCUT2D eigenvalue weighted by Crippen LogP contribution is -2.25. The molecule has 2 unspecified atom stereocenters. The third-order valence-corrected chi connectivity index (χ3v) is 3.81. The van der Waals surface area contributed by atoms with Gasteiger partial charge in [0.1, 0.15) is 0 Å². The van der Waals surface area contributed by atoms with Crippen molar-refractivity contribution in [2.24, 2.45) is 11.7 Å². The molecule has 0 spiro atoms. The minimum absolute atomic E-state index is 0.107. The Hall–Kier alpha value is -0.860. The molecule has 0 bridgehead atoms. The predicted octanol–water partition coefficient (Wildman–Crippen LogP) is 3.84. The van der Waals surface area contributed by atoms with Crippen LogP contribution in [-0.2, 0) is 11.2 Å². The first kappa shape index (κ1) is 14.5. The Morgan fingerprint density at radius 1 is 1.32 bits per heavy atom. The van der Waals surface area contributed by atoms with E-state index >= 15 is 0 Å². The SMILES string of the molecule is CC(C)Cc1cccc(C(N)CC2CCCCO2)c1. The normalized spacial score (nSPS) is 21.6. The predicted molar refractivity (Wildman–Crippen MR) is 80.1 cm³/mol. The van der Waals surface area contributed by atoms with Crippen molar-refractivity contribution in [3.05, 3.63) is 35.4 Å². The Bertz CT molecular complexity index is 383. The maximum absolute atomic E-state index is 6.35. The molecule has 1 aromatic rings. The van der Waals surface area contributed by atoms with Crippen molar-refractivity contribution >= 4 is 0 Å². The van der Waals surface area contributed by atoms with E-state index < -0.39 is 0 Å². The van der Waals surface area contributed by atoms with Crippen LogP contribution in [0.25, 0.3) is 0 Å². The maximum Gasteiger partial charge on any atom is 0.0593 e. The third kappa shape index (κ3) is 4.63. The van der Waals surface area contributed by atoms with Gasteiger partial charge in [-0.05, 0) is 49.1 Å². The number of rotatable bonds is 5. The average Bonchev–Trinajstić information content (AvgIpc) is 2.39. The smallest absolute Gasteiger partial charge is 0.0593 e. The lowest BCUT2D eigenvalue weighted by molar-refractivity contribution is 0.00729. The molecule has 2 heteroatoms. The van der Waals surface area contributed by atoms with Crippen molar-refractivity contribution in [3.63, 3.8) is 0 Å². The summed E-state index contributed by atoms with van der Waals surface area (Å²) in [5.74, 6) is 0.688. The first-order valence-corrected chi connectivity index (χ1v) is 7.61. The van der Waals surface area contributed by atoms with E-state index in [1.807, 2.05) is 0 Å². The van der Waals surface area contributed by atoms with Gasteiger partial charge >= 0.3 is 0 Å². The number of nitrogens with two attached hydrogens (primary N) is 1. The van der Waals surface area contributed by atoms with E-state index in [2.05, 4.69) is 38.1 Å². The van der Waals surface area contributed by atoms with E-state index in [0.717, 1.165) is 19.4 Å². The molecule has 2 atom stereocenters. The van der Waals surface area contributed by atoms with Gasteiger partial charge in [0.05, 0.1) is 6.10 Å². The van der Waals surface area contributed by atoms with Gasteiger partial charge in [-0.2, -0.15) is 0 Å². The molecule has 106 valence electrons. The standard InChI is InChI=1S/C17H27NO/c1-13(2)10-14-6-5-7-15(11-14)17(18)12-16-8-3-4-9-19-16/h5-7,11,13,16-17H,3-4,8-10,12,18H2,1-2H3. The molecule has 2 N–H and O–H groups in total. The minimum atomic E-state index is 0.107. The molecule has 0 saturated carbocycles. The lowest BCUT2D eigenvalue weighted by atomic mass is 9.94. The van der Waals surface area contributed by atoms with Gasteiger partial charge in [0.15, 0.2) is 0 Å². The highest BCUT2D eigenvalue weighted by atomic mass is 16.5. The van der Waals surface area contributed by atoms with Crippen LogP contribution < -0.4 is 5.73 Å². The topological polar surface area (TPSA) is 35.2 Å². The van der Waals surface area contributed by atoms with Crippen LogP contribution >= 0.6 is 0 Å². The van der Waals surface area contributed by atoms with Crippen molar-refractivity contribution in [3.8, 4) is 0 Å². The quantitative estimate of drug-likeness (QED) is 0.874. The molecular weight excluding hydrogens is 234 g/mol. The van der Waals surface area contributed by atoms with Gasteiger partial charge in [-0.1, -0.05) is 38.1 Å². The van der Waals surface area contributed by atoms with E-state index in [1.165, 1.54) is 30.4 Å². The molecule has 0 aliphatic carbocycles. The average molecular weight is 261 g/mol. The van der Waals surface area contributed by atoms with Gasteiger partial charge < -0.3 is 10.5 Å². The van der Waals surface area contributed by atoms with Crippen LogP contribution in [0.2, 0.25) is 0 Å². The summed E-state index contributed by atoms with van der Waals surface area (Å²) in [5.41, 5.74) is 9.00. The highest BCUT2D eigenvalue weighted by Gasteiger charge is 2.18. The van der Waals surface area contributed by atoms with Crippen LogP contribution in [0, 0.1) is 5.92 Å². The highest BCUT2D eigenvalue weighted by molar-refractivity contribution is 5.26. The van der Waals surface area contributed by atoms with Crippen molar-refractivity contribution < 1.29 is 4.74 Å². The van der Waals surface area contributed by atoms with E-state index in [-0.39, 0.29) is 6.04 Å². The van der Waals surface area contributed by atoms with Crippen molar-refractivity contribution in [2.45, 2.75) is 58.1 Å². The van der Waals surface area contributed by atoms with Gasteiger partial charge in [0, 0.05) is 12.6 Å². The summed E-state index contributed by atoms with van der Waals surface area (Å²) < 4.78 is 5.78. The van der Waals surface area contributed by atoms with E-state index in [9.17, 15) is 0 Å². The van der Waals surface area contributed by atoms with E-state index in [4.69, 9.17) is 10.5 Å². The Labute approximate surface area is 117 Å². The molecule has 19 heavy (non-hydrogen) atoms. The first-order valence-electron chi connectivity index (χ1n) is 7.61. The van der Waals surface area contributed by atoms with E-state index in [0.29, 0.717) is 12.0 Å². The molecule has 1 aliphatic heterocycles. The summed E-state index contributed by atoms with van der Waals surface area (Å²) in [5, 5.41) is 0. The zero-order valence-electron chi connectivity index (χ0n) is 12.3. The summed E-state index contributed by atoms with van der Waals surface area (Å²) in [6.45, 7) is 5.41. The number of benzene rings is 1. The van der Waals surface area contributed by atoms with Gasteiger partial charge in [-0.15, -0.1) is 0 Å². The summed E-state index contributed by atoms with van der Waals surface area (Å²) in [6, 6.07) is 8.86. The summed E-state index contributed by atoms with van der Waals surface area (Å²) in [7, 11) is 0. The monoisotopic (exact) mass is 261 g/mol. The molecular formula is C17H27NO. The Morgan fingerprint density at radius 3 is 2.84 bits per heavy atom. The second kappa shape index (κ2) is 7.06. The second-order valence-corrected chi connectivity index (χ2v) is 6.17. The summed E-state index contributed by atoms with van der Waals surface area (Å²) in [6.07, 6.45) is 6.09. The van der Waals surface area contributed by atoms with E-state index in [1.54, 1.807) is 0 Å². The molecule has 1 fully saturated rings. The molecule has 1 aliphatic rings. The van der Waals surface area contributed by atoms with Crippen LogP contribution in [-0.4, -0.2) is 12.7 Å². The van der Waals surface area contributed by atoms with Crippen LogP contribution in [0.3, 0.4) is 0 Å². The fourth-order valence-electron chi connectivity index (χ4n) is 2.83. The summed E-state index contributed by atoms with van der Waals surface area (Å²) >= 11 is 0. The Balaban J connectivity index is 1.95. The number of ether oxygens (including phenoxy) is 1. The Kier molecular flexibility index (Phi) is 5.41. The number of hydrogen-bond donors (Lipinski definition) is 1.